The predicted molar refractivity (Wildman–Crippen MR) is 91.4 cm³/mol. The molecule has 0 saturated heterocycles. The van der Waals surface area contributed by atoms with Crippen LogP contribution in [0, 0.1) is 0 Å². The minimum absolute atomic E-state index is 0.0362. The van der Waals surface area contributed by atoms with Crippen LogP contribution in [0.3, 0.4) is 0 Å². The van der Waals surface area contributed by atoms with Crippen LogP contribution in [0.5, 0.6) is 11.5 Å². The third kappa shape index (κ3) is 4.38. The van der Waals surface area contributed by atoms with Crippen molar-refractivity contribution in [2.45, 2.75) is 58.5 Å². The van der Waals surface area contributed by atoms with Crippen molar-refractivity contribution in [2.24, 2.45) is 0 Å². The molecule has 0 amide bonds. The molecule has 23 heavy (non-hydrogen) atoms. The number of carboxylic acid groups (broad SMARTS) is 1. The number of carbonyl (C=O) groups is 1. The summed E-state index contributed by atoms with van der Waals surface area (Å²) in [5.41, 5.74) is 0.903. The number of hydrogen-bond acceptors (Lipinski definition) is 4. The molecular formula is C18H29NO4. The average Bonchev–Trinajstić information content (AvgIpc) is 2.50. The third-order valence-electron chi connectivity index (χ3n) is 4.31. The van der Waals surface area contributed by atoms with Gasteiger partial charge in [0.05, 0.1) is 14.2 Å². The first-order chi connectivity index (χ1) is 10.6. The van der Waals surface area contributed by atoms with Crippen molar-refractivity contribution in [3.63, 3.8) is 0 Å². The van der Waals surface area contributed by atoms with Gasteiger partial charge in [-0.15, -0.1) is 0 Å². The minimum Gasteiger partial charge on any atom is -0.496 e. The van der Waals surface area contributed by atoms with Crippen molar-refractivity contribution in [3.05, 3.63) is 23.3 Å². The first-order valence-corrected chi connectivity index (χ1v) is 7.82. The molecule has 0 aliphatic heterocycles. The Bertz CT molecular complexity index is 538. The van der Waals surface area contributed by atoms with E-state index in [1.807, 2.05) is 19.1 Å². The zero-order chi connectivity index (χ0) is 17.8. The molecule has 1 atom stereocenters. The molecule has 0 bridgehead atoms. The van der Waals surface area contributed by atoms with E-state index in [2.05, 4.69) is 26.1 Å². The molecule has 2 N–H and O–H groups in total. The van der Waals surface area contributed by atoms with Crippen LogP contribution in [0.1, 0.15) is 52.2 Å². The molecule has 1 aromatic rings. The first kappa shape index (κ1) is 19.3. The van der Waals surface area contributed by atoms with Crippen LogP contribution in [-0.4, -0.2) is 30.8 Å². The van der Waals surface area contributed by atoms with Crippen molar-refractivity contribution in [2.75, 3.05) is 14.2 Å². The number of hydrogen-bond donors (Lipinski definition) is 2. The zero-order valence-electron chi connectivity index (χ0n) is 15.2. The third-order valence-corrected chi connectivity index (χ3v) is 4.31. The summed E-state index contributed by atoms with van der Waals surface area (Å²) in [6, 6.07) is 3.98. The maximum absolute atomic E-state index is 11.4. The normalized spacial score (nSPS) is 14.2. The quantitative estimate of drug-likeness (QED) is 0.805. The lowest BCUT2D eigenvalue weighted by molar-refractivity contribution is -0.144. The lowest BCUT2D eigenvalue weighted by Crippen LogP contribution is -2.48. The maximum atomic E-state index is 11.4. The lowest BCUT2D eigenvalue weighted by Gasteiger charge is -2.27. The second kappa shape index (κ2) is 7.21. The Balaban J connectivity index is 3.23. The minimum atomic E-state index is -0.987. The van der Waals surface area contributed by atoms with Gasteiger partial charge in [0.1, 0.15) is 17.0 Å². The summed E-state index contributed by atoms with van der Waals surface area (Å²) in [4.78, 5) is 11.4. The van der Waals surface area contributed by atoms with Crippen molar-refractivity contribution >= 4 is 5.97 Å². The Hall–Kier alpha value is -1.75. The predicted octanol–water partition coefficient (Wildman–Crippen LogP) is 3.34. The number of nitrogens with one attached hydrogen (secondary N) is 1. The van der Waals surface area contributed by atoms with E-state index in [4.69, 9.17) is 9.47 Å². The fraction of sp³-hybridized carbons (Fsp3) is 0.611. The second-order valence-corrected chi connectivity index (χ2v) is 6.95. The van der Waals surface area contributed by atoms with Gasteiger partial charge in [0.25, 0.3) is 0 Å². The highest BCUT2D eigenvalue weighted by Crippen LogP contribution is 2.35. The lowest BCUT2D eigenvalue weighted by atomic mass is 9.86. The molecule has 130 valence electrons. The average molecular weight is 323 g/mol. The van der Waals surface area contributed by atoms with Gasteiger partial charge >= 0.3 is 5.97 Å². The van der Waals surface area contributed by atoms with E-state index in [9.17, 15) is 9.90 Å². The smallest absolute Gasteiger partial charge is 0.323 e. The summed E-state index contributed by atoms with van der Waals surface area (Å²) in [6.45, 7) is 10.2. The largest absolute Gasteiger partial charge is 0.496 e. The van der Waals surface area contributed by atoms with E-state index < -0.39 is 11.5 Å². The van der Waals surface area contributed by atoms with Gasteiger partial charge in [-0.25, -0.2) is 0 Å². The van der Waals surface area contributed by atoms with Crippen molar-refractivity contribution < 1.29 is 19.4 Å². The topological polar surface area (TPSA) is 67.8 Å². The molecule has 1 rings (SSSR count). The number of rotatable bonds is 7. The van der Waals surface area contributed by atoms with Crippen LogP contribution in [0.2, 0.25) is 0 Å². The zero-order valence-corrected chi connectivity index (χ0v) is 15.2. The van der Waals surface area contributed by atoms with Crippen LogP contribution in [0.25, 0.3) is 0 Å². The monoisotopic (exact) mass is 323 g/mol. The number of carboxylic acids is 1. The van der Waals surface area contributed by atoms with E-state index in [0.717, 1.165) is 11.1 Å². The van der Waals surface area contributed by atoms with Crippen molar-refractivity contribution in [1.29, 1.82) is 0 Å². The van der Waals surface area contributed by atoms with Gasteiger partial charge in [-0.1, -0.05) is 27.7 Å². The van der Waals surface area contributed by atoms with Crippen LogP contribution in [0.15, 0.2) is 12.1 Å². The van der Waals surface area contributed by atoms with Gasteiger partial charge in [-0.05, 0) is 36.5 Å². The summed E-state index contributed by atoms with van der Waals surface area (Å²) >= 11 is 0. The molecule has 1 aromatic carbocycles. The first-order valence-electron chi connectivity index (χ1n) is 7.82. The fourth-order valence-electron chi connectivity index (χ4n) is 2.23. The van der Waals surface area contributed by atoms with Gasteiger partial charge < -0.3 is 14.6 Å². The maximum Gasteiger partial charge on any atom is 0.323 e. The summed E-state index contributed by atoms with van der Waals surface area (Å²) in [6.07, 6.45) is 0.479. The molecule has 0 spiro atoms. The van der Waals surface area contributed by atoms with E-state index in [1.54, 1.807) is 21.1 Å². The highest BCUT2D eigenvalue weighted by molar-refractivity contribution is 5.78. The van der Waals surface area contributed by atoms with Gasteiger partial charge in [-0.2, -0.15) is 0 Å². The molecule has 5 heteroatoms. The summed E-state index contributed by atoms with van der Waals surface area (Å²) < 4.78 is 11.0. The Morgan fingerprint density at radius 2 is 1.61 bits per heavy atom. The standard InChI is InChI=1S/C18H29NO4/c1-8-18(5,16(20)21)19-11-13-14(22-6)9-12(17(2,3)4)10-15(13)23-7/h9-10,19H,8,11H2,1-7H3,(H,20,21)/t18-/m0/s1. The van der Waals surface area contributed by atoms with Gasteiger partial charge in [0.2, 0.25) is 0 Å². The molecule has 0 aromatic heterocycles. The van der Waals surface area contributed by atoms with Crippen LogP contribution >= 0.6 is 0 Å². The molecule has 0 radical (unpaired) electrons. The van der Waals surface area contributed by atoms with E-state index in [-0.39, 0.29) is 5.41 Å². The fourth-order valence-corrected chi connectivity index (χ4v) is 2.23. The number of methoxy groups -OCH3 is 2. The Morgan fingerprint density at radius 3 is 1.91 bits per heavy atom. The molecule has 0 fully saturated rings. The van der Waals surface area contributed by atoms with E-state index in [0.29, 0.717) is 24.5 Å². The molecule has 0 aliphatic carbocycles. The number of aliphatic carboxylic acids is 1. The van der Waals surface area contributed by atoms with Gasteiger partial charge in [-0.3, -0.25) is 10.1 Å². The van der Waals surface area contributed by atoms with Crippen LogP contribution < -0.4 is 14.8 Å². The number of ether oxygens (including phenoxy) is 2. The molecular weight excluding hydrogens is 294 g/mol. The highest BCUT2D eigenvalue weighted by atomic mass is 16.5. The Labute approximate surface area is 139 Å². The van der Waals surface area contributed by atoms with Crippen molar-refractivity contribution in [1.82, 2.24) is 5.32 Å². The molecule has 0 unspecified atom stereocenters. The highest BCUT2D eigenvalue weighted by Gasteiger charge is 2.31. The SMILES string of the molecule is CC[C@](C)(NCc1c(OC)cc(C(C)(C)C)cc1OC)C(=O)O. The van der Waals surface area contributed by atoms with Crippen LogP contribution in [-0.2, 0) is 16.8 Å². The molecule has 0 saturated carbocycles. The molecule has 0 aliphatic rings. The van der Waals surface area contributed by atoms with Gasteiger partial charge in [0, 0.05) is 12.1 Å². The summed E-state index contributed by atoms with van der Waals surface area (Å²) in [5.74, 6) is 0.528. The Morgan fingerprint density at radius 1 is 1.13 bits per heavy atom. The van der Waals surface area contributed by atoms with E-state index >= 15 is 0 Å². The Kier molecular flexibility index (Phi) is 6.05. The molecule has 0 heterocycles. The van der Waals surface area contributed by atoms with Gasteiger partial charge in [0.15, 0.2) is 0 Å². The van der Waals surface area contributed by atoms with Crippen molar-refractivity contribution in [3.8, 4) is 11.5 Å². The second-order valence-electron chi connectivity index (χ2n) is 6.95. The summed E-state index contributed by atoms with van der Waals surface area (Å²) in [7, 11) is 3.22. The number of benzene rings is 1. The summed E-state index contributed by atoms with van der Waals surface area (Å²) in [5, 5.41) is 12.5. The van der Waals surface area contributed by atoms with Crippen LogP contribution in [0.4, 0.5) is 0 Å². The van der Waals surface area contributed by atoms with E-state index in [1.165, 1.54) is 0 Å². The molecule has 5 nitrogen and oxygen atoms in total.